The van der Waals surface area contributed by atoms with Gasteiger partial charge in [0.15, 0.2) is 0 Å². The van der Waals surface area contributed by atoms with Gasteiger partial charge in [0.05, 0.1) is 12.7 Å². The maximum Gasteiger partial charge on any atom is 0.412 e. The summed E-state index contributed by atoms with van der Waals surface area (Å²) in [5.41, 5.74) is 2.29. The van der Waals surface area contributed by atoms with Crippen molar-refractivity contribution in [2.75, 3.05) is 13.7 Å². The molecule has 1 N–H and O–H groups in total. The summed E-state index contributed by atoms with van der Waals surface area (Å²) in [5.74, 6) is 1.89. The molecule has 0 atom stereocenters. The number of ether oxygens (including phenoxy) is 2. The summed E-state index contributed by atoms with van der Waals surface area (Å²) >= 11 is 0. The number of benzene rings is 1. The molecule has 2 aromatic heterocycles. The van der Waals surface area contributed by atoms with Crippen LogP contribution in [0.3, 0.4) is 0 Å². The Labute approximate surface area is 174 Å². The molecule has 8 heteroatoms. The van der Waals surface area contributed by atoms with Crippen LogP contribution < -0.4 is 14.8 Å². The van der Waals surface area contributed by atoms with Crippen molar-refractivity contribution < 1.29 is 18.7 Å². The van der Waals surface area contributed by atoms with Gasteiger partial charge < -0.3 is 19.2 Å². The first-order valence-corrected chi connectivity index (χ1v) is 10.1. The second-order valence-electron chi connectivity index (χ2n) is 7.38. The number of amides is 1. The zero-order valence-electron chi connectivity index (χ0n) is 16.8. The molecule has 0 radical (unpaired) electrons. The predicted octanol–water partition coefficient (Wildman–Crippen LogP) is 4.48. The molecule has 1 aliphatic carbocycles. The van der Waals surface area contributed by atoms with Gasteiger partial charge in [-0.05, 0) is 42.5 Å². The van der Waals surface area contributed by atoms with Crippen molar-refractivity contribution in [3.63, 3.8) is 0 Å². The van der Waals surface area contributed by atoms with Crippen LogP contribution >= 0.6 is 0 Å². The fourth-order valence-corrected chi connectivity index (χ4v) is 3.69. The summed E-state index contributed by atoms with van der Waals surface area (Å²) < 4.78 is 16.1. The Hall–Kier alpha value is -3.42. The number of nitrogens with one attached hydrogen (secondary N) is 1. The first-order chi connectivity index (χ1) is 14.7. The van der Waals surface area contributed by atoms with E-state index in [1.54, 1.807) is 31.6 Å². The van der Waals surface area contributed by atoms with E-state index < -0.39 is 6.09 Å². The van der Waals surface area contributed by atoms with Crippen molar-refractivity contribution in [2.24, 2.45) is 5.92 Å². The maximum absolute atomic E-state index is 12.3. The van der Waals surface area contributed by atoms with E-state index in [2.05, 4.69) is 20.5 Å². The molecule has 156 valence electrons. The van der Waals surface area contributed by atoms with E-state index in [4.69, 9.17) is 13.9 Å². The summed E-state index contributed by atoms with van der Waals surface area (Å²) in [6.07, 6.45) is 10.2. The molecule has 1 amide bonds. The lowest BCUT2D eigenvalue weighted by molar-refractivity contribution is 0.196. The number of hydrogen-bond donors (Lipinski definition) is 1. The molecule has 0 unspecified atom stereocenters. The number of carbonyl (C=O) groups excluding carboxylic acids is 1. The minimum Gasteiger partial charge on any atom is -0.497 e. The monoisotopic (exact) mass is 408 g/mol. The summed E-state index contributed by atoms with van der Waals surface area (Å²) in [4.78, 5) is 16.6. The van der Waals surface area contributed by atoms with E-state index in [1.807, 2.05) is 12.1 Å². The van der Waals surface area contributed by atoms with Gasteiger partial charge >= 0.3 is 6.09 Å². The van der Waals surface area contributed by atoms with Crippen molar-refractivity contribution in [1.82, 2.24) is 20.5 Å². The second kappa shape index (κ2) is 9.39. The smallest absolute Gasteiger partial charge is 0.412 e. The molecule has 0 aliphatic heterocycles. The lowest BCUT2D eigenvalue weighted by atomic mass is 9.89. The highest BCUT2D eigenvalue weighted by atomic mass is 16.6. The topological polar surface area (TPSA) is 99.4 Å². The highest BCUT2D eigenvalue weighted by Crippen LogP contribution is 2.31. The van der Waals surface area contributed by atoms with E-state index in [9.17, 15) is 4.79 Å². The van der Waals surface area contributed by atoms with Crippen LogP contribution in [-0.2, 0) is 0 Å². The highest BCUT2D eigenvalue weighted by Gasteiger charge is 2.16. The van der Waals surface area contributed by atoms with Crippen LogP contribution in [0.1, 0.15) is 32.1 Å². The van der Waals surface area contributed by atoms with Gasteiger partial charge in [-0.1, -0.05) is 19.3 Å². The maximum atomic E-state index is 12.3. The number of nitrogens with zero attached hydrogens (tertiary/aromatic N) is 3. The van der Waals surface area contributed by atoms with Gasteiger partial charge in [-0.3, -0.25) is 4.98 Å². The van der Waals surface area contributed by atoms with Crippen LogP contribution in [-0.4, -0.2) is 34.9 Å². The first kappa shape index (κ1) is 19.9. The van der Waals surface area contributed by atoms with Crippen molar-refractivity contribution >= 4 is 6.09 Å². The molecule has 8 nitrogen and oxygen atoms in total. The SMILES string of the molecule is COc1cc(OC(=O)NCC2CCCCC2)cc(-c2cncc(-c3nnco3)c2)c1. The quantitative estimate of drug-likeness (QED) is 0.642. The molecule has 2 heterocycles. The van der Waals surface area contributed by atoms with Crippen LogP contribution in [0, 0.1) is 5.92 Å². The van der Waals surface area contributed by atoms with E-state index in [1.165, 1.54) is 25.7 Å². The van der Waals surface area contributed by atoms with Crippen LogP contribution in [0.2, 0.25) is 0 Å². The third-order valence-corrected chi connectivity index (χ3v) is 5.26. The molecule has 1 aromatic carbocycles. The molecule has 0 bridgehead atoms. The molecule has 0 spiro atoms. The number of rotatable bonds is 6. The van der Waals surface area contributed by atoms with E-state index in [-0.39, 0.29) is 0 Å². The van der Waals surface area contributed by atoms with Crippen LogP contribution in [0.5, 0.6) is 11.5 Å². The predicted molar refractivity (Wildman–Crippen MR) is 110 cm³/mol. The highest BCUT2D eigenvalue weighted by molar-refractivity contribution is 5.74. The van der Waals surface area contributed by atoms with Gasteiger partial charge in [0.1, 0.15) is 11.5 Å². The number of pyridine rings is 1. The van der Waals surface area contributed by atoms with E-state index in [0.29, 0.717) is 35.4 Å². The summed E-state index contributed by atoms with van der Waals surface area (Å²) in [5, 5.41) is 10.5. The average molecular weight is 408 g/mol. The number of hydrogen-bond acceptors (Lipinski definition) is 7. The number of aromatic nitrogens is 3. The van der Waals surface area contributed by atoms with Crippen molar-refractivity contribution in [1.29, 1.82) is 0 Å². The Morgan fingerprint density at radius 3 is 2.63 bits per heavy atom. The van der Waals surface area contributed by atoms with Gasteiger partial charge in [-0.2, -0.15) is 0 Å². The molecule has 1 aliphatic rings. The Bertz CT molecular complexity index is 985. The molecule has 3 aromatic rings. The number of methoxy groups -OCH3 is 1. The second-order valence-corrected chi connectivity index (χ2v) is 7.38. The number of carbonyl (C=O) groups is 1. The Morgan fingerprint density at radius 1 is 1.07 bits per heavy atom. The molecule has 0 saturated heterocycles. The summed E-state index contributed by atoms with van der Waals surface area (Å²) in [6.45, 7) is 0.645. The molecule has 1 fully saturated rings. The Morgan fingerprint density at radius 2 is 1.87 bits per heavy atom. The molecular weight excluding hydrogens is 384 g/mol. The lowest BCUT2D eigenvalue weighted by Gasteiger charge is -2.21. The fourth-order valence-electron chi connectivity index (χ4n) is 3.69. The van der Waals surface area contributed by atoms with Gasteiger partial charge in [-0.25, -0.2) is 4.79 Å². The van der Waals surface area contributed by atoms with E-state index in [0.717, 1.165) is 24.0 Å². The summed E-state index contributed by atoms with van der Waals surface area (Å²) in [7, 11) is 1.57. The fraction of sp³-hybridized carbons (Fsp3) is 0.364. The Kier molecular flexibility index (Phi) is 6.22. The van der Waals surface area contributed by atoms with Crippen LogP contribution in [0.25, 0.3) is 22.6 Å². The molecule has 30 heavy (non-hydrogen) atoms. The average Bonchev–Trinajstić information content (AvgIpc) is 3.33. The molecular formula is C22H24N4O4. The molecule has 4 rings (SSSR count). The van der Waals surface area contributed by atoms with Gasteiger partial charge in [-0.15, -0.1) is 10.2 Å². The zero-order valence-corrected chi connectivity index (χ0v) is 16.8. The van der Waals surface area contributed by atoms with Crippen molar-refractivity contribution in [3.8, 4) is 34.1 Å². The lowest BCUT2D eigenvalue weighted by Crippen LogP contribution is -2.32. The molecule has 1 saturated carbocycles. The Balaban J connectivity index is 1.49. The standard InChI is InChI=1S/C22H24N4O4/c1-28-19-8-16(17-7-18(13-23-12-17)21-26-25-14-29-21)9-20(10-19)30-22(27)24-11-15-5-3-2-4-6-15/h7-10,12-15H,2-6,11H2,1H3,(H,24,27). The minimum atomic E-state index is -0.461. The first-order valence-electron chi connectivity index (χ1n) is 10.1. The van der Waals surface area contributed by atoms with Gasteiger partial charge in [0.25, 0.3) is 0 Å². The zero-order chi connectivity index (χ0) is 20.8. The van der Waals surface area contributed by atoms with Crippen LogP contribution in [0.15, 0.2) is 47.5 Å². The third-order valence-electron chi connectivity index (χ3n) is 5.26. The van der Waals surface area contributed by atoms with Crippen LogP contribution in [0.4, 0.5) is 4.79 Å². The third kappa shape index (κ3) is 4.94. The normalized spacial score (nSPS) is 14.3. The largest absolute Gasteiger partial charge is 0.497 e. The van der Waals surface area contributed by atoms with Crippen molar-refractivity contribution in [3.05, 3.63) is 43.1 Å². The van der Waals surface area contributed by atoms with Crippen molar-refractivity contribution in [2.45, 2.75) is 32.1 Å². The minimum absolute atomic E-state index is 0.380. The van der Waals surface area contributed by atoms with Gasteiger partial charge in [0.2, 0.25) is 12.3 Å². The summed E-state index contributed by atoms with van der Waals surface area (Å²) in [6, 6.07) is 7.18. The van der Waals surface area contributed by atoms with E-state index >= 15 is 0 Å². The van der Waals surface area contributed by atoms with Gasteiger partial charge in [0, 0.05) is 30.6 Å².